The van der Waals surface area contributed by atoms with E-state index in [9.17, 15) is 0 Å². The van der Waals surface area contributed by atoms with Crippen LogP contribution < -0.4 is 0 Å². The minimum absolute atomic E-state index is 0.508. The molecular formula is C11H23N. The summed E-state index contributed by atoms with van der Waals surface area (Å²) < 4.78 is 0. The topological polar surface area (TPSA) is 12.4 Å². The Balaban J connectivity index is 3.52. The van der Waals surface area contributed by atoms with Gasteiger partial charge in [0.05, 0.1) is 0 Å². The van der Waals surface area contributed by atoms with Gasteiger partial charge in [-0.15, -0.1) is 0 Å². The van der Waals surface area contributed by atoms with E-state index in [0.29, 0.717) is 12.0 Å². The van der Waals surface area contributed by atoms with Gasteiger partial charge in [0.15, 0.2) is 0 Å². The summed E-state index contributed by atoms with van der Waals surface area (Å²) in [7, 11) is 0. The summed E-state index contributed by atoms with van der Waals surface area (Å²) in [6.45, 7) is 8.84. The van der Waals surface area contributed by atoms with E-state index in [2.05, 4.69) is 38.9 Å². The molecule has 0 heterocycles. The number of unbranched alkanes of at least 4 members (excludes halogenated alkanes) is 1. The van der Waals surface area contributed by atoms with Gasteiger partial charge in [0.1, 0.15) is 0 Å². The van der Waals surface area contributed by atoms with Gasteiger partial charge in [0.25, 0.3) is 0 Å². The standard InChI is InChI=1S/C11H23N/c1-5-7-8-10(3)9-12-11(4)6-2/h9-11H,5-8H2,1-4H3. The van der Waals surface area contributed by atoms with E-state index < -0.39 is 0 Å². The Kier molecular flexibility index (Phi) is 7.12. The summed E-state index contributed by atoms with van der Waals surface area (Å²) >= 11 is 0. The van der Waals surface area contributed by atoms with Gasteiger partial charge in [-0.25, -0.2) is 0 Å². The lowest BCUT2D eigenvalue weighted by molar-refractivity contribution is 0.624. The molecule has 0 aliphatic carbocycles. The Bertz CT molecular complexity index is 118. The van der Waals surface area contributed by atoms with Crippen molar-refractivity contribution in [2.24, 2.45) is 10.9 Å². The molecule has 0 fully saturated rings. The molecule has 1 heteroatoms. The van der Waals surface area contributed by atoms with Gasteiger partial charge in [-0.2, -0.15) is 0 Å². The zero-order valence-electron chi connectivity index (χ0n) is 9.01. The molecule has 0 spiro atoms. The summed E-state index contributed by atoms with van der Waals surface area (Å²) in [5.41, 5.74) is 0. The van der Waals surface area contributed by atoms with Gasteiger partial charge in [-0.05, 0) is 25.7 Å². The smallest absolute Gasteiger partial charge is 0.0465 e. The van der Waals surface area contributed by atoms with Crippen LogP contribution in [0.4, 0.5) is 0 Å². The Morgan fingerprint density at radius 2 is 1.92 bits per heavy atom. The number of hydrogen-bond donors (Lipinski definition) is 0. The van der Waals surface area contributed by atoms with Crippen LogP contribution in [0.3, 0.4) is 0 Å². The molecule has 0 aliphatic rings. The van der Waals surface area contributed by atoms with Crippen LogP contribution in [-0.2, 0) is 0 Å². The third kappa shape index (κ3) is 6.38. The minimum Gasteiger partial charge on any atom is -0.294 e. The maximum absolute atomic E-state index is 4.47. The third-order valence-corrected chi connectivity index (χ3v) is 2.20. The highest BCUT2D eigenvalue weighted by molar-refractivity contribution is 5.60. The highest BCUT2D eigenvalue weighted by Crippen LogP contribution is 2.05. The Morgan fingerprint density at radius 3 is 2.42 bits per heavy atom. The second-order valence-electron chi connectivity index (χ2n) is 3.67. The van der Waals surface area contributed by atoms with Crippen LogP contribution in [0, 0.1) is 5.92 Å². The Labute approximate surface area is 77.3 Å². The Morgan fingerprint density at radius 1 is 1.25 bits per heavy atom. The van der Waals surface area contributed by atoms with Crippen molar-refractivity contribution in [1.82, 2.24) is 0 Å². The summed E-state index contributed by atoms with van der Waals surface area (Å²) in [6, 6.07) is 0.508. The highest BCUT2D eigenvalue weighted by Gasteiger charge is 1.97. The molecular weight excluding hydrogens is 146 g/mol. The molecule has 72 valence electrons. The molecule has 0 amide bonds. The fourth-order valence-electron chi connectivity index (χ4n) is 1.000. The highest BCUT2D eigenvalue weighted by atomic mass is 14.7. The van der Waals surface area contributed by atoms with Crippen molar-refractivity contribution in [3.63, 3.8) is 0 Å². The summed E-state index contributed by atoms with van der Waals surface area (Å²) in [4.78, 5) is 4.47. The second-order valence-corrected chi connectivity index (χ2v) is 3.67. The molecule has 12 heavy (non-hydrogen) atoms. The maximum atomic E-state index is 4.47. The van der Waals surface area contributed by atoms with Gasteiger partial charge < -0.3 is 0 Å². The first-order chi connectivity index (χ1) is 5.70. The van der Waals surface area contributed by atoms with Gasteiger partial charge in [0.2, 0.25) is 0 Å². The van der Waals surface area contributed by atoms with Crippen molar-refractivity contribution in [2.45, 2.75) is 59.4 Å². The molecule has 0 saturated heterocycles. The average Bonchev–Trinajstić information content (AvgIpc) is 2.10. The number of aliphatic imine (C=N–C) groups is 1. The molecule has 0 radical (unpaired) electrons. The van der Waals surface area contributed by atoms with Crippen molar-refractivity contribution in [1.29, 1.82) is 0 Å². The van der Waals surface area contributed by atoms with Gasteiger partial charge in [0, 0.05) is 12.3 Å². The molecule has 0 N–H and O–H groups in total. The quantitative estimate of drug-likeness (QED) is 0.538. The maximum Gasteiger partial charge on any atom is 0.0465 e. The first kappa shape index (κ1) is 11.7. The fourth-order valence-corrected chi connectivity index (χ4v) is 1.000. The molecule has 0 aliphatic heterocycles. The minimum atomic E-state index is 0.508. The number of nitrogens with zero attached hydrogens (tertiary/aromatic N) is 1. The van der Waals surface area contributed by atoms with Crippen LogP contribution in [0.1, 0.15) is 53.4 Å². The van der Waals surface area contributed by atoms with E-state index in [4.69, 9.17) is 0 Å². The van der Waals surface area contributed by atoms with E-state index in [0.717, 1.165) is 6.42 Å². The van der Waals surface area contributed by atoms with Crippen molar-refractivity contribution < 1.29 is 0 Å². The van der Waals surface area contributed by atoms with E-state index in [1.165, 1.54) is 19.3 Å². The lowest BCUT2D eigenvalue weighted by Gasteiger charge is -2.05. The van der Waals surface area contributed by atoms with E-state index in [1.54, 1.807) is 0 Å². The molecule has 1 nitrogen and oxygen atoms in total. The van der Waals surface area contributed by atoms with Gasteiger partial charge in [-0.1, -0.05) is 33.6 Å². The summed E-state index contributed by atoms with van der Waals surface area (Å²) in [5.74, 6) is 0.666. The predicted molar refractivity (Wildman–Crippen MR) is 56.9 cm³/mol. The van der Waals surface area contributed by atoms with Crippen molar-refractivity contribution in [2.75, 3.05) is 0 Å². The van der Waals surface area contributed by atoms with Crippen molar-refractivity contribution in [3.8, 4) is 0 Å². The second kappa shape index (κ2) is 7.33. The predicted octanol–water partition coefficient (Wildman–Crippen LogP) is 3.68. The Hall–Kier alpha value is -0.330. The number of rotatable bonds is 6. The molecule has 2 unspecified atom stereocenters. The van der Waals surface area contributed by atoms with Crippen LogP contribution in [0.25, 0.3) is 0 Å². The normalized spacial score (nSPS) is 16.7. The average molecular weight is 169 g/mol. The zero-order chi connectivity index (χ0) is 9.40. The van der Waals surface area contributed by atoms with E-state index >= 15 is 0 Å². The zero-order valence-corrected chi connectivity index (χ0v) is 9.01. The first-order valence-electron chi connectivity index (χ1n) is 5.24. The van der Waals surface area contributed by atoms with Gasteiger partial charge >= 0.3 is 0 Å². The first-order valence-corrected chi connectivity index (χ1v) is 5.24. The molecule has 2 atom stereocenters. The lowest BCUT2D eigenvalue weighted by Crippen LogP contribution is -2.01. The van der Waals surface area contributed by atoms with E-state index in [1.807, 2.05) is 0 Å². The van der Waals surface area contributed by atoms with Crippen LogP contribution in [0.2, 0.25) is 0 Å². The largest absolute Gasteiger partial charge is 0.294 e. The molecule has 0 aromatic heterocycles. The van der Waals surface area contributed by atoms with Crippen LogP contribution >= 0.6 is 0 Å². The van der Waals surface area contributed by atoms with Crippen molar-refractivity contribution >= 4 is 6.21 Å². The SMILES string of the molecule is CCCCC(C)C=NC(C)CC. The number of hydrogen-bond acceptors (Lipinski definition) is 1. The molecule has 0 rings (SSSR count). The van der Waals surface area contributed by atoms with Crippen LogP contribution in [-0.4, -0.2) is 12.3 Å². The lowest BCUT2D eigenvalue weighted by atomic mass is 10.1. The molecule has 0 aromatic rings. The van der Waals surface area contributed by atoms with Gasteiger partial charge in [-0.3, -0.25) is 4.99 Å². The fraction of sp³-hybridized carbons (Fsp3) is 0.909. The van der Waals surface area contributed by atoms with Crippen LogP contribution in [0.15, 0.2) is 4.99 Å². The summed E-state index contributed by atoms with van der Waals surface area (Å²) in [6.07, 6.45) is 7.19. The summed E-state index contributed by atoms with van der Waals surface area (Å²) in [5, 5.41) is 0. The molecule has 0 aromatic carbocycles. The third-order valence-electron chi connectivity index (χ3n) is 2.20. The monoisotopic (exact) mass is 169 g/mol. The van der Waals surface area contributed by atoms with Crippen molar-refractivity contribution in [3.05, 3.63) is 0 Å². The molecule has 0 saturated carbocycles. The molecule has 0 bridgehead atoms. The van der Waals surface area contributed by atoms with Crippen LogP contribution in [0.5, 0.6) is 0 Å². The van der Waals surface area contributed by atoms with E-state index in [-0.39, 0.29) is 0 Å².